The molecular weight excluding hydrogens is 455 g/mol. The first kappa shape index (κ1) is 20.9. The van der Waals surface area contributed by atoms with E-state index >= 15 is 0 Å². The molecule has 0 aromatic heterocycles. The lowest BCUT2D eigenvalue weighted by atomic mass is 9.95. The average molecular weight is 477 g/mol. The SMILES string of the molecule is S=P1(c2ccccc2)Oc2ccc(-c3ccccc3)cc2-c2cc(-c3ccccc3)ccc2O1. The van der Waals surface area contributed by atoms with Gasteiger partial charge in [-0.25, -0.2) is 0 Å². The number of hydrogen-bond donors (Lipinski definition) is 0. The Labute approximate surface area is 204 Å². The van der Waals surface area contributed by atoms with Gasteiger partial charge in [-0.2, -0.15) is 0 Å². The van der Waals surface area contributed by atoms with E-state index in [0.717, 1.165) is 50.2 Å². The fourth-order valence-corrected chi connectivity index (χ4v) is 6.72. The summed E-state index contributed by atoms with van der Waals surface area (Å²) in [5.41, 5.74) is 6.51. The maximum absolute atomic E-state index is 6.55. The summed E-state index contributed by atoms with van der Waals surface area (Å²) in [5.74, 6) is 1.49. The van der Waals surface area contributed by atoms with Crippen molar-refractivity contribution in [1.29, 1.82) is 0 Å². The van der Waals surface area contributed by atoms with Crippen LogP contribution in [0.15, 0.2) is 127 Å². The average Bonchev–Trinajstić information content (AvgIpc) is 3.03. The van der Waals surface area contributed by atoms with E-state index in [1.54, 1.807) is 0 Å². The Morgan fingerprint density at radius 3 is 1.29 bits per heavy atom. The fourth-order valence-electron chi connectivity index (χ4n) is 4.25. The van der Waals surface area contributed by atoms with E-state index in [9.17, 15) is 0 Å². The molecule has 34 heavy (non-hydrogen) atoms. The Morgan fingerprint density at radius 2 is 0.853 bits per heavy atom. The molecule has 1 heterocycles. The minimum Gasteiger partial charge on any atom is -0.432 e. The van der Waals surface area contributed by atoms with Gasteiger partial charge in [-0.1, -0.05) is 91.0 Å². The van der Waals surface area contributed by atoms with Crippen molar-refractivity contribution in [1.82, 2.24) is 0 Å². The first-order valence-electron chi connectivity index (χ1n) is 11.1. The summed E-state index contributed by atoms with van der Waals surface area (Å²) in [6.07, 6.45) is 0. The van der Waals surface area contributed by atoms with Crippen LogP contribution in [0.5, 0.6) is 11.5 Å². The van der Waals surface area contributed by atoms with Crippen molar-refractivity contribution < 1.29 is 9.05 Å². The Kier molecular flexibility index (Phi) is 5.30. The first-order valence-corrected chi connectivity index (χ1v) is 13.8. The molecule has 2 nitrogen and oxygen atoms in total. The predicted molar refractivity (Wildman–Crippen MR) is 144 cm³/mol. The molecular formula is C30H21O2PS. The van der Waals surface area contributed by atoms with E-state index in [1.165, 1.54) is 0 Å². The van der Waals surface area contributed by atoms with E-state index in [-0.39, 0.29) is 0 Å². The van der Waals surface area contributed by atoms with Crippen LogP contribution in [0, 0.1) is 0 Å². The Balaban J connectivity index is 1.57. The zero-order valence-electron chi connectivity index (χ0n) is 18.3. The number of benzene rings is 5. The molecule has 0 unspecified atom stereocenters. The van der Waals surface area contributed by atoms with Crippen molar-refractivity contribution in [2.75, 3.05) is 0 Å². The number of fused-ring (bicyclic) bond motifs is 3. The third kappa shape index (κ3) is 3.84. The van der Waals surface area contributed by atoms with Gasteiger partial charge in [0.25, 0.3) is 0 Å². The fraction of sp³-hybridized carbons (Fsp3) is 0. The maximum atomic E-state index is 6.55. The van der Waals surface area contributed by atoms with Crippen LogP contribution >= 0.6 is 6.49 Å². The minimum atomic E-state index is -2.81. The summed E-state index contributed by atoms with van der Waals surface area (Å²) in [4.78, 5) is 0. The Hall–Kier alpha value is -3.65. The predicted octanol–water partition coefficient (Wildman–Crippen LogP) is 8.09. The highest BCUT2D eigenvalue weighted by Crippen LogP contribution is 2.56. The molecule has 0 bridgehead atoms. The van der Waals surface area contributed by atoms with Crippen LogP contribution < -0.4 is 14.4 Å². The van der Waals surface area contributed by atoms with Crippen LogP contribution in [0.25, 0.3) is 33.4 Å². The maximum Gasteiger partial charge on any atom is 0.319 e. The molecule has 1 aliphatic rings. The third-order valence-corrected chi connectivity index (χ3v) is 8.86. The topological polar surface area (TPSA) is 18.5 Å². The van der Waals surface area contributed by atoms with Crippen LogP contribution in [0.1, 0.15) is 0 Å². The summed E-state index contributed by atoms with van der Waals surface area (Å²) in [6.45, 7) is -2.81. The lowest BCUT2D eigenvalue weighted by Gasteiger charge is -2.22. The molecule has 0 saturated carbocycles. The molecule has 5 aromatic carbocycles. The van der Waals surface area contributed by atoms with E-state index in [2.05, 4.69) is 72.8 Å². The van der Waals surface area contributed by atoms with Gasteiger partial charge in [-0.05, 0) is 70.5 Å². The van der Waals surface area contributed by atoms with Gasteiger partial charge in [0.2, 0.25) is 0 Å². The molecule has 5 aromatic rings. The lowest BCUT2D eigenvalue weighted by Crippen LogP contribution is -2.13. The van der Waals surface area contributed by atoms with Gasteiger partial charge in [0, 0.05) is 11.1 Å². The van der Waals surface area contributed by atoms with Gasteiger partial charge in [0.15, 0.2) is 0 Å². The van der Waals surface area contributed by atoms with Crippen molar-refractivity contribution in [3.05, 3.63) is 127 Å². The quantitative estimate of drug-likeness (QED) is 0.245. The van der Waals surface area contributed by atoms with Crippen molar-refractivity contribution in [3.8, 4) is 44.9 Å². The van der Waals surface area contributed by atoms with Crippen LogP contribution in [-0.4, -0.2) is 0 Å². The van der Waals surface area contributed by atoms with Crippen molar-refractivity contribution in [2.24, 2.45) is 0 Å². The second-order valence-corrected chi connectivity index (χ2v) is 11.5. The second kappa shape index (κ2) is 8.61. The number of rotatable bonds is 3. The summed E-state index contributed by atoms with van der Waals surface area (Å²) in [5, 5.41) is 0.892. The molecule has 0 amide bonds. The minimum absolute atomic E-state index is 0.746. The van der Waals surface area contributed by atoms with Gasteiger partial charge in [-0.15, -0.1) is 0 Å². The highest BCUT2D eigenvalue weighted by atomic mass is 32.5. The van der Waals surface area contributed by atoms with Gasteiger partial charge in [0.1, 0.15) is 11.5 Å². The molecule has 6 rings (SSSR count). The largest absolute Gasteiger partial charge is 0.432 e. The third-order valence-electron chi connectivity index (χ3n) is 5.97. The van der Waals surface area contributed by atoms with Crippen molar-refractivity contribution in [3.63, 3.8) is 0 Å². The molecule has 164 valence electrons. The zero-order valence-corrected chi connectivity index (χ0v) is 20.0. The molecule has 0 fully saturated rings. The van der Waals surface area contributed by atoms with Gasteiger partial charge in [-0.3, -0.25) is 0 Å². The zero-order chi connectivity index (χ0) is 23.0. The van der Waals surface area contributed by atoms with Gasteiger partial charge < -0.3 is 9.05 Å². The van der Waals surface area contributed by atoms with Gasteiger partial charge >= 0.3 is 6.49 Å². The van der Waals surface area contributed by atoms with E-state index in [0.29, 0.717) is 0 Å². The molecule has 0 aliphatic carbocycles. The molecule has 0 radical (unpaired) electrons. The van der Waals surface area contributed by atoms with Crippen LogP contribution in [0.3, 0.4) is 0 Å². The van der Waals surface area contributed by atoms with E-state index in [1.807, 2.05) is 54.6 Å². The molecule has 0 spiro atoms. The first-order chi connectivity index (χ1) is 16.7. The van der Waals surface area contributed by atoms with E-state index < -0.39 is 6.49 Å². The summed E-state index contributed by atoms with van der Waals surface area (Å²) in [6, 6.07) is 43.2. The van der Waals surface area contributed by atoms with Crippen molar-refractivity contribution >= 4 is 23.6 Å². The molecule has 1 aliphatic heterocycles. The molecule has 0 saturated heterocycles. The van der Waals surface area contributed by atoms with Crippen LogP contribution in [0.4, 0.5) is 0 Å². The summed E-state index contributed by atoms with van der Waals surface area (Å²) in [7, 11) is 0. The normalized spacial score (nSPS) is 13.5. The molecule has 4 heteroatoms. The monoisotopic (exact) mass is 476 g/mol. The molecule has 0 atom stereocenters. The summed E-state index contributed by atoms with van der Waals surface area (Å²) >= 11 is 6.08. The van der Waals surface area contributed by atoms with E-state index in [4.69, 9.17) is 20.9 Å². The summed E-state index contributed by atoms with van der Waals surface area (Å²) < 4.78 is 13.1. The molecule has 0 N–H and O–H groups in total. The highest BCUT2D eigenvalue weighted by molar-refractivity contribution is 8.13. The van der Waals surface area contributed by atoms with Gasteiger partial charge in [0.05, 0.1) is 5.30 Å². The van der Waals surface area contributed by atoms with Crippen molar-refractivity contribution in [2.45, 2.75) is 0 Å². The Morgan fingerprint density at radius 1 is 0.441 bits per heavy atom. The Bertz CT molecular complexity index is 1420. The highest BCUT2D eigenvalue weighted by Gasteiger charge is 2.32. The standard InChI is InChI=1S/C30H21O2PS/c34-33(26-14-8-3-9-15-26)31-29-18-16-24(22-10-4-1-5-11-22)20-27(29)28-21-25(17-19-30(28)32-33)23-12-6-2-7-13-23/h1-21H. The number of hydrogen-bond acceptors (Lipinski definition) is 3. The van der Waals surface area contributed by atoms with Crippen LogP contribution in [0.2, 0.25) is 0 Å². The van der Waals surface area contributed by atoms with Crippen LogP contribution in [-0.2, 0) is 11.8 Å². The lowest BCUT2D eigenvalue weighted by molar-refractivity contribution is 0.508. The smallest absolute Gasteiger partial charge is 0.319 e. The second-order valence-electron chi connectivity index (χ2n) is 8.17.